The fourth-order valence-electron chi connectivity index (χ4n) is 9.45. The van der Waals surface area contributed by atoms with E-state index in [9.17, 15) is 57.8 Å². The van der Waals surface area contributed by atoms with Gasteiger partial charge in [0.25, 0.3) is 0 Å². The van der Waals surface area contributed by atoms with Gasteiger partial charge in [0.2, 0.25) is 65.0 Å². The Hall–Kier alpha value is -6.85. The lowest BCUT2D eigenvalue weighted by molar-refractivity contribution is -0.137. The van der Waals surface area contributed by atoms with Crippen molar-refractivity contribution in [2.24, 2.45) is 46.4 Å². The number of benzene rings is 1. The molecule has 11 amide bonds. The van der Waals surface area contributed by atoms with Crippen LogP contribution >= 0.6 is 0 Å². The lowest BCUT2D eigenvalue weighted by Gasteiger charge is -2.29. The Bertz CT molecular complexity index is 2330. The van der Waals surface area contributed by atoms with Gasteiger partial charge in [-0.25, -0.2) is 0 Å². The van der Waals surface area contributed by atoms with E-state index >= 15 is 0 Å². The van der Waals surface area contributed by atoms with Gasteiger partial charge in [-0.1, -0.05) is 91.1 Å². The van der Waals surface area contributed by atoms with E-state index < -0.39 is 132 Å². The van der Waals surface area contributed by atoms with Crippen LogP contribution in [0.15, 0.2) is 30.3 Å². The zero-order valence-electron chi connectivity index (χ0n) is 51.4. The minimum Gasteiger partial charge on any atom is -0.391 e. The molecule has 1 heterocycles. The number of nitrogens with two attached hydrogens (primary N) is 5. The Morgan fingerprint density at radius 3 is 1.47 bits per heavy atom. The molecule has 2 rings (SSSR count). The van der Waals surface area contributed by atoms with Crippen molar-refractivity contribution < 1.29 is 57.8 Å². The third-order valence-electron chi connectivity index (χ3n) is 14.5. The second kappa shape index (κ2) is 40.5. The Labute approximate surface area is 506 Å². The van der Waals surface area contributed by atoms with Crippen molar-refractivity contribution in [2.45, 2.75) is 205 Å². The van der Waals surface area contributed by atoms with Gasteiger partial charge < -0.3 is 92.3 Å². The molecule has 1 aromatic carbocycles. The summed E-state index contributed by atoms with van der Waals surface area (Å²) in [5, 5.41) is 39.8. The molecule has 22 N–H and O–H groups in total. The van der Waals surface area contributed by atoms with Crippen LogP contribution < -0.4 is 87.2 Å². The minimum atomic E-state index is -1.68. The van der Waals surface area contributed by atoms with Crippen LogP contribution in [0.4, 0.5) is 0 Å². The Kier molecular flexibility index (Phi) is 35.5. The highest BCUT2D eigenvalue weighted by molar-refractivity contribution is 5.99. The van der Waals surface area contributed by atoms with E-state index in [1.807, 2.05) is 0 Å². The van der Waals surface area contributed by atoms with Gasteiger partial charge in [0.15, 0.2) is 0 Å². The van der Waals surface area contributed by atoms with Crippen LogP contribution in [-0.4, -0.2) is 176 Å². The highest BCUT2D eigenvalue weighted by Gasteiger charge is 2.37. The van der Waals surface area contributed by atoms with E-state index in [1.54, 1.807) is 58.0 Å². The Morgan fingerprint density at radius 1 is 0.535 bits per heavy atom. The maximum absolute atomic E-state index is 14.6. The number of carbonyl (C=O) groups is 11. The van der Waals surface area contributed by atoms with Crippen molar-refractivity contribution in [3.8, 4) is 0 Å². The van der Waals surface area contributed by atoms with Gasteiger partial charge in [-0.05, 0) is 121 Å². The largest absolute Gasteiger partial charge is 0.391 e. The first-order chi connectivity index (χ1) is 40.8. The topological polar surface area (TPSA) is 470 Å². The summed E-state index contributed by atoms with van der Waals surface area (Å²) in [7, 11) is 0. The summed E-state index contributed by atoms with van der Waals surface area (Å²) in [5.74, 6) is -8.87. The molecule has 0 spiro atoms. The van der Waals surface area contributed by atoms with Crippen LogP contribution in [0.1, 0.15) is 138 Å². The summed E-state index contributed by atoms with van der Waals surface area (Å²) in [6.07, 6.45) is 0.991. The Balaban J connectivity index is 2.69. The molecule has 12 unspecified atom stereocenters. The molecule has 0 saturated carbocycles. The van der Waals surface area contributed by atoms with Gasteiger partial charge in [-0.15, -0.1) is 0 Å². The molecule has 12 atom stereocenters. The molecule has 486 valence electrons. The predicted molar refractivity (Wildman–Crippen MR) is 324 cm³/mol. The first kappa shape index (κ1) is 75.2. The zero-order valence-corrected chi connectivity index (χ0v) is 51.4. The van der Waals surface area contributed by atoms with Gasteiger partial charge in [0, 0.05) is 19.4 Å². The van der Waals surface area contributed by atoms with Gasteiger partial charge in [0.05, 0.1) is 6.10 Å². The fraction of sp³-hybridized carbons (Fsp3) is 0.707. The highest BCUT2D eigenvalue weighted by Crippen LogP contribution is 2.14. The molecule has 0 bridgehead atoms. The number of amides is 11. The third-order valence-corrected chi connectivity index (χ3v) is 14.5. The van der Waals surface area contributed by atoms with Crippen LogP contribution in [0.2, 0.25) is 0 Å². The summed E-state index contributed by atoms with van der Waals surface area (Å²) in [6, 6.07) is -5.32. The molecule has 1 aromatic rings. The standard InChI is InChI=1S/C58H102N16O12/c1-8-35(6)14-12-13-17-47(76)65-38(18-24-59)55(83)74-48(36(7)75)58(86)70-42(22-28-63)51(79)69-43-23-29-64-49(77)44(30-33(2)3)71-52(80)40(20-26-61)66-50(78)39(19-25-60)68-56(84)45(31-34(4)5)72-57(85)46(32-37-15-10-9-11-16-37)73-53(81)41(21-27-62)67-54(43)82/h9-11,15-16,33-36,38-46,48,75H,8,12-14,17-32,59-63H2,1-7H3,(H,64,77)(H,65,76)(H,66,78)(H,67,82)(H,68,84)(H,69,79)(H,70,86)(H,71,80)(H,72,85)(H,73,81)(H,74,83). The quantitative estimate of drug-likeness (QED) is 0.0331. The summed E-state index contributed by atoms with van der Waals surface area (Å²) in [5.41, 5.74) is 30.1. The number of unbranched alkanes of at least 4 members (excludes halogenated alkanes) is 1. The monoisotopic (exact) mass is 1210 g/mol. The molecule has 0 aliphatic carbocycles. The van der Waals surface area contributed by atoms with Crippen molar-refractivity contribution in [1.82, 2.24) is 58.5 Å². The summed E-state index contributed by atoms with van der Waals surface area (Å²) < 4.78 is 0. The SMILES string of the molecule is CCC(C)CCCCC(=O)NC(CCN)C(=O)NC(C(=O)NC(CCN)C(=O)NC1CCNC(=O)C(CC(C)C)NC(=O)C(CCN)NC(=O)C(CCN)NC(=O)C(CC(C)C)NC(=O)C(Cc2ccccc2)NC(=O)C(CCN)NC1=O)C(C)O. The number of nitrogens with one attached hydrogen (secondary N) is 11. The maximum atomic E-state index is 14.6. The lowest BCUT2D eigenvalue weighted by Crippen LogP contribution is -2.62. The van der Waals surface area contributed by atoms with E-state index in [2.05, 4.69) is 72.3 Å². The number of hydrogen-bond donors (Lipinski definition) is 17. The number of rotatable bonds is 30. The molecule has 1 aliphatic heterocycles. The molecule has 28 nitrogen and oxygen atoms in total. The van der Waals surface area contributed by atoms with Crippen LogP contribution in [0.5, 0.6) is 0 Å². The predicted octanol–water partition coefficient (Wildman–Crippen LogP) is -3.58. The average Bonchev–Trinajstić information content (AvgIpc) is 3.67. The summed E-state index contributed by atoms with van der Waals surface area (Å²) in [6.45, 7) is 11.8. The molecular formula is C58H102N16O12. The van der Waals surface area contributed by atoms with E-state index in [0.29, 0.717) is 17.9 Å². The molecular weight excluding hydrogens is 1110 g/mol. The first-order valence-corrected chi connectivity index (χ1v) is 30.4. The summed E-state index contributed by atoms with van der Waals surface area (Å²) >= 11 is 0. The first-order valence-electron chi connectivity index (χ1n) is 30.4. The van der Waals surface area contributed by atoms with Gasteiger partial charge in [-0.3, -0.25) is 52.7 Å². The van der Waals surface area contributed by atoms with E-state index in [-0.39, 0.29) is 115 Å². The van der Waals surface area contributed by atoms with Gasteiger partial charge >= 0.3 is 0 Å². The number of aliphatic hydroxyl groups is 1. The van der Waals surface area contributed by atoms with Crippen molar-refractivity contribution in [1.29, 1.82) is 0 Å². The molecule has 0 radical (unpaired) electrons. The summed E-state index contributed by atoms with van der Waals surface area (Å²) in [4.78, 5) is 155. The van der Waals surface area contributed by atoms with Gasteiger partial charge in [0.1, 0.15) is 60.4 Å². The molecule has 1 aliphatic rings. The normalized spacial score (nSPS) is 22.5. The van der Waals surface area contributed by atoms with Crippen molar-refractivity contribution in [3.63, 3.8) is 0 Å². The number of hydrogen-bond acceptors (Lipinski definition) is 17. The lowest BCUT2D eigenvalue weighted by atomic mass is 10.00. The highest BCUT2D eigenvalue weighted by atomic mass is 16.3. The molecule has 1 saturated heterocycles. The van der Waals surface area contributed by atoms with E-state index in [4.69, 9.17) is 28.7 Å². The molecule has 0 aromatic heterocycles. The van der Waals surface area contributed by atoms with Crippen molar-refractivity contribution in [3.05, 3.63) is 35.9 Å². The molecule has 28 heteroatoms. The van der Waals surface area contributed by atoms with Crippen LogP contribution in [0, 0.1) is 17.8 Å². The van der Waals surface area contributed by atoms with Crippen LogP contribution in [-0.2, 0) is 59.2 Å². The average molecular weight is 1220 g/mol. The molecule has 1 fully saturated rings. The number of aliphatic hydroxyl groups excluding tert-OH is 1. The second-order valence-electron chi connectivity index (χ2n) is 23.0. The van der Waals surface area contributed by atoms with E-state index in [1.165, 1.54) is 6.92 Å². The van der Waals surface area contributed by atoms with Crippen molar-refractivity contribution in [2.75, 3.05) is 39.3 Å². The molecule has 86 heavy (non-hydrogen) atoms. The van der Waals surface area contributed by atoms with Gasteiger partial charge in [-0.2, -0.15) is 0 Å². The Morgan fingerprint density at radius 2 is 0.988 bits per heavy atom. The minimum absolute atomic E-state index is 0.00468. The third kappa shape index (κ3) is 27.7. The van der Waals surface area contributed by atoms with E-state index in [0.717, 1.165) is 19.3 Å². The smallest absolute Gasteiger partial charge is 0.245 e. The van der Waals surface area contributed by atoms with Crippen LogP contribution in [0.3, 0.4) is 0 Å². The maximum Gasteiger partial charge on any atom is 0.245 e. The van der Waals surface area contributed by atoms with Crippen LogP contribution in [0.25, 0.3) is 0 Å². The zero-order chi connectivity index (χ0) is 64.5. The fourth-order valence-corrected chi connectivity index (χ4v) is 9.45. The number of carbonyl (C=O) groups excluding carboxylic acids is 11. The second-order valence-corrected chi connectivity index (χ2v) is 23.0. The van der Waals surface area contributed by atoms with Crippen molar-refractivity contribution >= 4 is 65.0 Å².